The molecule has 1 aromatic rings. The maximum Gasteiger partial charge on any atom is 0.275 e. The summed E-state index contributed by atoms with van der Waals surface area (Å²) >= 11 is 6.04. The highest BCUT2D eigenvalue weighted by Crippen LogP contribution is 2.27. The lowest BCUT2D eigenvalue weighted by Gasteiger charge is -2.24. The first-order chi connectivity index (χ1) is 8.52. The van der Waals surface area contributed by atoms with E-state index in [4.69, 9.17) is 11.6 Å². The van der Waals surface area contributed by atoms with Crippen molar-refractivity contribution in [1.82, 2.24) is 10.6 Å². The summed E-state index contributed by atoms with van der Waals surface area (Å²) in [4.78, 5) is 10.6. The first kappa shape index (κ1) is 13.3. The SMILES string of the molecule is CC1(NCc2c(Cl)cccc2[N+](=O)[O-])CCNC1. The number of nitrogens with zero attached hydrogens (tertiary/aromatic N) is 1. The quantitative estimate of drug-likeness (QED) is 0.649. The lowest BCUT2D eigenvalue weighted by molar-refractivity contribution is -0.385. The van der Waals surface area contributed by atoms with Gasteiger partial charge in [0.25, 0.3) is 5.69 Å². The molecular weight excluding hydrogens is 254 g/mol. The minimum atomic E-state index is -0.391. The fourth-order valence-electron chi connectivity index (χ4n) is 2.16. The molecule has 1 saturated heterocycles. The summed E-state index contributed by atoms with van der Waals surface area (Å²) in [5, 5.41) is 18.0. The molecular formula is C12H16ClN3O2. The smallest absolute Gasteiger partial charge is 0.275 e. The molecule has 6 heteroatoms. The van der Waals surface area contributed by atoms with Crippen LogP contribution in [0.1, 0.15) is 18.9 Å². The molecule has 1 unspecified atom stereocenters. The predicted molar refractivity (Wildman–Crippen MR) is 70.8 cm³/mol. The van der Waals surface area contributed by atoms with Gasteiger partial charge in [-0.3, -0.25) is 10.1 Å². The van der Waals surface area contributed by atoms with Crippen molar-refractivity contribution < 1.29 is 4.92 Å². The molecule has 1 fully saturated rings. The molecule has 2 rings (SSSR count). The van der Waals surface area contributed by atoms with Gasteiger partial charge in [-0.1, -0.05) is 17.7 Å². The number of hydrogen-bond acceptors (Lipinski definition) is 4. The van der Waals surface area contributed by atoms with Gasteiger partial charge >= 0.3 is 0 Å². The van der Waals surface area contributed by atoms with Crippen LogP contribution in [0.15, 0.2) is 18.2 Å². The topological polar surface area (TPSA) is 67.2 Å². The van der Waals surface area contributed by atoms with Crippen LogP contribution in [0.3, 0.4) is 0 Å². The molecule has 0 saturated carbocycles. The average molecular weight is 270 g/mol. The Morgan fingerprint density at radius 2 is 2.39 bits per heavy atom. The molecule has 1 heterocycles. The van der Waals surface area contributed by atoms with Gasteiger partial charge in [0.05, 0.1) is 15.5 Å². The van der Waals surface area contributed by atoms with Crippen LogP contribution in [0.4, 0.5) is 5.69 Å². The van der Waals surface area contributed by atoms with Crippen molar-refractivity contribution in [2.75, 3.05) is 13.1 Å². The van der Waals surface area contributed by atoms with E-state index in [-0.39, 0.29) is 11.2 Å². The monoisotopic (exact) mass is 269 g/mol. The van der Waals surface area contributed by atoms with Gasteiger partial charge < -0.3 is 10.6 Å². The fourth-order valence-corrected chi connectivity index (χ4v) is 2.40. The standard InChI is InChI=1S/C12H16ClN3O2/c1-12(5-6-14-8-12)15-7-9-10(13)3-2-4-11(9)16(17)18/h2-4,14-15H,5-8H2,1H3. The number of hydrogen-bond donors (Lipinski definition) is 2. The maximum atomic E-state index is 11.0. The molecule has 1 aromatic carbocycles. The molecule has 0 amide bonds. The van der Waals surface area contributed by atoms with Crippen molar-refractivity contribution in [3.8, 4) is 0 Å². The fraction of sp³-hybridized carbons (Fsp3) is 0.500. The van der Waals surface area contributed by atoms with Gasteiger partial charge in [0.15, 0.2) is 0 Å². The van der Waals surface area contributed by atoms with E-state index in [1.807, 2.05) is 0 Å². The van der Waals surface area contributed by atoms with Gasteiger partial charge in [0, 0.05) is 24.7 Å². The highest BCUT2D eigenvalue weighted by atomic mass is 35.5. The molecule has 5 nitrogen and oxygen atoms in total. The molecule has 0 aliphatic carbocycles. The van der Waals surface area contributed by atoms with E-state index in [9.17, 15) is 10.1 Å². The van der Waals surface area contributed by atoms with Gasteiger partial charge in [0.2, 0.25) is 0 Å². The van der Waals surface area contributed by atoms with Crippen molar-refractivity contribution >= 4 is 17.3 Å². The molecule has 0 radical (unpaired) electrons. The highest BCUT2D eigenvalue weighted by Gasteiger charge is 2.28. The van der Waals surface area contributed by atoms with Crippen LogP contribution in [0.25, 0.3) is 0 Å². The van der Waals surface area contributed by atoms with Gasteiger partial charge in [-0.05, 0) is 26.0 Å². The van der Waals surface area contributed by atoms with Gasteiger partial charge in [-0.15, -0.1) is 0 Å². The Morgan fingerprint density at radius 3 is 3.00 bits per heavy atom. The van der Waals surface area contributed by atoms with Crippen LogP contribution < -0.4 is 10.6 Å². The third kappa shape index (κ3) is 2.80. The van der Waals surface area contributed by atoms with Gasteiger partial charge in [-0.25, -0.2) is 0 Å². The Kier molecular flexibility index (Phi) is 3.85. The number of nitro benzene ring substituents is 1. The second-order valence-corrected chi connectivity index (χ2v) is 5.24. The number of rotatable bonds is 4. The number of halogens is 1. The zero-order chi connectivity index (χ0) is 13.2. The van der Waals surface area contributed by atoms with Crippen molar-refractivity contribution in [3.05, 3.63) is 38.9 Å². The van der Waals surface area contributed by atoms with E-state index in [0.717, 1.165) is 19.5 Å². The summed E-state index contributed by atoms with van der Waals surface area (Å²) in [5.41, 5.74) is 0.606. The molecule has 0 aromatic heterocycles. The van der Waals surface area contributed by atoms with Crippen LogP contribution in [0, 0.1) is 10.1 Å². The van der Waals surface area contributed by atoms with Crippen molar-refractivity contribution in [1.29, 1.82) is 0 Å². The van der Waals surface area contributed by atoms with Gasteiger partial charge in [0.1, 0.15) is 0 Å². The van der Waals surface area contributed by atoms with Crippen LogP contribution in [-0.2, 0) is 6.54 Å². The largest absolute Gasteiger partial charge is 0.315 e. The van der Waals surface area contributed by atoms with Crippen LogP contribution >= 0.6 is 11.6 Å². The second-order valence-electron chi connectivity index (χ2n) is 4.84. The van der Waals surface area contributed by atoms with Crippen LogP contribution in [-0.4, -0.2) is 23.6 Å². The lowest BCUT2D eigenvalue weighted by atomic mass is 10.0. The first-order valence-corrected chi connectivity index (χ1v) is 6.27. The zero-order valence-electron chi connectivity index (χ0n) is 10.2. The van der Waals surface area contributed by atoms with E-state index in [2.05, 4.69) is 17.6 Å². The van der Waals surface area contributed by atoms with Crippen molar-refractivity contribution in [3.63, 3.8) is 0 Å². The van der Waals surface area contributed by atoms with Crippen LogP contribution in [0.2, 0.25) is 5.02 Å². The summed E-state index contributed by atoms with van der Waals surface area (Å²) in [5.74, 6) is 0. The summed E-state index contributed by atoms with van der Waals surface area (Å²) in [6.07, 6.45) is 1.01. The van der Waals surface area contributed by atoms with Crippen molar-refractivity contribution in [2.24, 2.45) is 0 Å². The molecule has 1 atom stereocenters. The third-order valence-electron chi connectivity index (χ3n) is 3.35. The Morgan fingerprint density at radius 1 is 1.61 bits per heavy atom. The van der Waals surface area contributed by atoms with E-state index >= 15 is 0 Å². The Labute approximate surface area is 111 Å². The summed E-state index contributed by atoms with van der Waals surface area (Å²) in [6, 6.07) is 4.77. The normalized spacial score (nSPS) is 23.2. The molecule has 98 valence electrons. The highest BCUT2D eigenvalue weighted by molar-refractivity contribution is 6.31. The molecule has 0 bridgehead atoms. The third-order valence-corrected chi connectivity index (χ3v) is 3.71. The summed E-state index contributed by atoms with van der Waals surface area (Å²) in [7, 11) is 0. The van der Waals surface area contributed by atoms with E-state index in [1.54, 1.807) is 12.1 Å². The average Bonchev–Trinajstić information content (AvgIpc) is 2.74. The second kappa shape index (κ2) is 5.22. The minimum Gasteiger partial charge on any atom is -0.315 e. The molecule has 1 aliphatic heterocycles. The molecule has 0 spiro atoms. The number of nitro groups is 1. The summed E-state index contributed by atoms with van der Waals surface area (Å²) < 4.78 is 0. The lowest BCUT2D eigenvalue weighted by Crippen LogP contribution is -2.43. The van der Waals surface area contributed by atoms with E-state index in [1.165, 1.54) is 6.07 Å². The first-order valence-electron chi connectivity index (χ1n) is 5.89. The number of benzene rings is 1. The number of nitrogens with one attached hydrogen (secondary N) is 2. The molecule has 2 N–H and O–H groups in total. The Bertz CT molecular complexity index is 459. The molecule has 18 heavy (non-hydrogen) atoms. The van der Waals surface area contributed by atoms with Gasteiger partial charge in [-0.2, -0.15) is 0 Å². The van der Waals surface area contributed by atoms with E-state index in [0.29, 0.717) is 17.1 Å². The van der Waals surface area contributed by atoms with E-state index < -0.39 is 4.92 Å². The maximum absolute atomic E-state index is 11.0. The summed E-state index contributed by atoms with van der Waals surface area (Å²) in [6.45, 7) is 4.35. The van der Waals surface area contributed by atoms with Crippen LogP contribution in [0.5, 0.6) is 0 Å². The Hall–Kier alpha value is -1.17. The Balaban J connectivity index is 2.15. The zero-order valence-corrected chi connectivity index (χ0v) is 11.0. The predicted octanol–water partition coefficient (Wildman–Crippen LogP) is 2.09. The minimum absolute atomic E-state index is 0.0208. The molecule has 1 aliphatic rings. The van der Waals surface area contributed by atoms with Crippen molar-refractivity contribution in [2.45, 2.75) is 25.4 Å².